The number of nitrogens with zero attached hydrogens (tertiary/aromatic N) is 1. The number of aliphatic imine (C=N–C) groups is 1. The van der Waals surface area contributed by atoms with Crippen LogP contribution in [0.4, 0.5) is 0 Å². The van der Waals surface area contributed by atoms with Gasteiger partial charge in [0, 0.05) is 6.21 Å². The van der Waals surface area contributed by atoms with Crippen molar-refractivity contribution in [2.75, 3.05) is 33.5 Å². The largest absolute Gasteiger partial charge is 0.465 e. The number of ether oxygens (including phenoxy) is 2. The zero-order chi connectivity index (χ0) is 13.2. The van der Waals surface area contributed by atoms with E-state index in [1.165, 1.54) is 7.11 Å². The Bertz CT molecular complexity index is 386. The molecule has 0 saturated carbocycles. The second-order valence-electron chi connectivity index (χ2n) is 3.48. The van der Waals surface area contributed by atoms with Gasteiger partial charge in [0.1, 0.15) is 0 Å². The third-order valence-electron chi connectivity index (χ3n) is 2.17. The fourth-order valence-corrected chi connectivity index (χ4v) is 1.28. The topological polar surface area (TPSA) is 68.1 Å². The quantitative estimate of drug-likeness (QED) is 0.444. The molecular weight excluding hydrogens is 234 g/mol. The van der Waals surface area contributed by atoms with Crippen LogP contribution in [0.2, 0.25) is 0 Å². The second kappa shape index (κ2) is 8.38. The number of esters is 1. The maximum atomic E-state index is 11.2. The molecule has 0 bridgehead atoms. The highest BCUT2D eigenvalue weighted by molar-refractivity contribution is 5.90. The lowest BCUT2D eigenvalue weighted by Crippen LogP contribution is -2.03. The zero-order valence-electron chi connectivity index (χ0n) is 10.3. The predicted octanol–water partition coefficient (Wildman–Crippen LogP) is 0.901. The van der Waals surface area contributed by atoms with E-state index in [2.05, 4.69) is 9.73 Å². The number of aliphatic hydroxyl groups is 1. The number of methoxy groups -OCH3 is 1. The van der Waals surface area contributed by atoms with E-state index in [9.17, 15) is 4.79 Å². The number of hydrogen-bond donors (Lipinski definition) is 1. The van der Waals surface area contributed by atoms with Gasteiger partial charge < -0.3 is 14.6 Å². The van der Waals surface area contributed by atoms with Crippen molar-refractivity contribution in [1.29, 1.82) is 0 Å². The summed E-state index contributed by atoms with van der Waals surface area (Å²) >= 11 is 0. The summed E-state index contributed by atoms with van der Waals surface area (Å²) in [6.45, 7) is 1.39. The summed E-state index contributed by atoms with van der Waals surface area (Å²) < 4.78 is 9.66. The van der Waals surface area contributed by atoms with Gasteiger partial charge in [0.05, 0.1) is 39.0 Å². The highest BCUT2D eigenvalue weighted by atomic mass is 16.5. The van der Waals surface area contributed by atoms with Gasteiger partial charge >= 0.3 is 5.97 Å². The normalized spacial score (nSPS) is 10.8. The summed E-state index contributed by atoms with van der Waals surface area (Å²) in [4.78, 5) is 15.4. The molecule has 1 rings (SSSR count). The van der Waals surface area contributed by atoms with Gasteiger partial charge in [0.15, 0.2) is 0 Å². The maximum Gasteiger partial charge on any atom is 0.337 e. The highest BCUT2D eigenvalue weighted by Crippen LogP contribution is 2.03. The Kier molecular flexibility index (Phi) is 6.68. The molecule has 0 radical (unpaired) electrons. The van der Waals surface area contributed by atoms with E-state index in [1.54, 1.807) is 30.5 Å². The van der Waals surface area contributed by atoms with Crippen molar-refractivity contribution in [3.8, 4) is 0 Å². The van der Waals surface area contributed by atoms with Crippen molar-refractivity contribution < 1.29 is 19.4 Å². The van der Waals surface area contributed by atoms with Crippen LogP contribution in [0.1, 0.15) is 15.9 Å². The molecule has 0 fully saturated rings. The SMILES string of the molecule is COC(=O)c1ccc(/C=N/CCOCCO)cc1. The molecule has 1 N–H and O–H groups in total. The molecule has 0 amide bonds. The number of hydrogen-bond acceptors (Lipinski definition) is 5. The van der Waals surface area contributed by atoms with E-state index in [0.717, 1.165) is 5.56 Å². The van der Waals surface area contributed by atoms with Crippen LogP contribution < -0.4 is 0 Å². The average molecular weight is 251 g/mol. The number of rotatable bonds is 7. The monoisotopic (exact) mass is 251 g/mol. The molecule has 0 aliphatic heterocycles. The minimum Gasteiger partial charge on any atom is -0.465 e. The minimum atomic E-state index is -0.351. The first-order valence-electron chi connectivity index (χ1n) is 5.64. The summed E-state index contributed by atoms with van der Waals surface area (Å²) in [6, 6.07) is 6.97. The van der Waals surface area contributed by atoms with Crippen molar-refractivity contribution in [3.05, 3.63) is 35.4 Å². The van der Waals surface area contributed by atoms with Gasteiger partial charge in [-0.05, 0) is 17.7 Å². The maximum absolute atomic E-state index is 11.2. The van der Waals surface area contributed by atoms with Crippen LogP contribution in [-0.2, 0) is 9.47 Å². The van der Waals surface area contributed by atoms with Crippen LogP contribution in [0.25, 0.3) is 0 Å². The Labute approximate surface area is 106 Å². The van der Waals surface area contributed by atoms with E-state index < -0.39 is 0 Å². The van der Waals surface area contributed by atoms with E-state index >= 15 is 0 Å². The Hall–Kier alpha value is -1.72. The predicted molar refractivity (Wildman–Crippen MR) is 68.1 cm³/mol. The molecule has 0 heterocycles. The molecule has 1 aromatic carbocycles. The minimum absolute atomic E-state index is 0.0265. The van der Waals surface area contributed by atoms with Crippen molar-refractivity contribution in [3.63, 3.8) is 0 Å². The molecule has 18 heavy (non-hydrogen) atoms. The van der Waals surface area contributed by atoms with Crippen molar-refractivity contribution in [2.24, 2.45) is 4.99 Å². The third kappa shape index (κ3) is 5.07. The summed E-state index contributed by atoms with van der Waals surface area (Å²) in [5.74, 6) is -0.351. The first kappa shape index (κ1) is 14.3. The molecule has 5 heteroatoms. The van der Waals surface area contributed by atoms with Gasteiger partial charge in [0.25, 0.3) is 0 Å². The number of aliphatic hydroxyl groups excluding tert-OH is 1. The van der Waals surface area contributed by atoms with Gasteiger partial charge in [-0.15, -0.1) is 0 Å². The first-order chi connectivity index (χ1) is 8.77. The molecule has 1 aromatic rings. The van der Waals surface area contributed by atoms with Crippen molar-refractivity contribution in [2.45, 2.75) is 0 Å². The Morgan fingerprint density at radius 2 is 2.06 bits per heavy atom. The Morgan fingerprint density at radius 1 is 1.33 bits per heavy atom. The first-order valence-corrected chi connectivity index (χ1v) is 5.64. The second-order valence-corrected chi connectivity index (χ2v) is 3.48. The molecule has 0 spiro atoms. The van der Waals surface area contributed by atoms with Crippen LogP contribution in [0.3, 0.4) is 0 Å². The lowest BCUT2D eigenvalue weighted by Gasteiger charge is -1.99. The van der Waals surface area contributed by atoms with Crippen LogP contribution >= 0.6 is 0 Å². The van der Waals surface area contributed by atoms with Crippen molar-refractivity contribution in [1.82, 2.24) is 0 Å². The lowest BCUT2D eigenvalue weighted by molar-refractivity contribution is 0.0600. The summed E-state index contributed by atoms with van der Waals surface area (Å²) in [6.07, 6.45) is 1.71. The number of benzene rings is 1. The smallest absolute Gasteiger partial charge is 0.337 e. The van der Waals surface area contributed by atoms with E-state index in [-0.39, 0.29) is 12.6 Å². The van der Waals surface area contributed by atoms with Gasteiger partial charge in [-0.25, -0.2) is 4.79 Å². The molecule has 5 nitrogen and oxygen atoms in total. The lowest BCUT2D eigenvalue weighted by atomic mass is 10.1. The van der Waals surface area contributed by atoms with Crippen LogP contribution in [-0.4, -0.2) is 50.8 Å². The van der Waals surface area contributed by atoms with Gasteiger partial charge in [-0.2, -0.15) is 0 Å². The molecule has 98 valence electrons. The standard InChI is InChI=1S/C13H17NO4/c1-17-13(16)12-4-2-11(3-5-12)10-14-6-8-18-9-7-15/h2-5,10,15H,6-9H2,1H3/b14-10+. The summed E-state index contributed by atoms with van der Waals surface area (Å²) in [5, 5.41) is 8.49. The van der Waals surface area contributed by atoms with Crippen LogP contribution in [0.5, 0.6) is 0 Å². The number of carbonyl (C=O) groups excluding carboxylic acids is 1. The van der Waals surface area contributed by atoms with E-state index in [1.807, 2.05) is 0 Å². The molecule has 0 aliphatic rings. The van der Waals surface area contributed by atoms with Crippen molar-refractivity contribution >= 4 is 12.2 Å². The fourth-order valence-electron chi connectivity index (χ4n) is 1.28. The van der Waals surface area contributed by atoms with Gasteiger partial charge in [-0.1, -0.05) is 12.1 Å². The summed E-state index contributed by atoms with van der Waals surface area (Å²) in [5.41, 5.74) is 1.42. The molecular formula is C13H17NO4. The Balaban J connectivity index is 2.38. The fraction of sp³-hybridized carbons (Fsp3) is 0.385. The molecule has 0 saturated heterocycles. The van der Waals surface area contributed by atoms with E-state index in [0.29, 0.717) is 25.3 Å². The summed E-state index contributed by atoms with van der Waals surface area (Å²) in [7, 11) is 1.35. The molecule has 0 atom stereocenters. The van der Waals surface area contributed by atoms with E-state index in [4.69, 9.17) is 9.84 Å². The molecule has 0 aliphatic carbocycles. The third-order valence-corrected chi connectivity index (χ3v) is 2.17. The Morgan fingerprint density at radius 3 is 2.67 bits per heavy atom. The van der Waals surface area contributed by atoms with Crippen LogP contribution in [0.15, 0.2) is 29.3 Å². The van der Waals surface area contributed by atoms with Gasteiger partial charge in [-0.3, -0.25) is 4.99 Å². The number of carbonyl (C=O) groups is 1. The average Bonchev–Trinajstić information content (AvgIpc) is 2.42. The zero-order valence-corrected chi connectivity index (χ0v) is 10.3. The highest BCUT2D eigenvalue weighted by Gasteiger charge is 2.02. The molecule has 0 unspecified atom stereocenters. The van der Waals surface area contributed by atoms with Crippen LogP contribution in [0, 0.1) is 0 Å². The van der Waals surface area contributed by atoms with Gasteiger partial charge in [0.2, 0.25) is 0 Å². The molecule has 0 aromatic heterocycles.